The average molecular weight is 568 g/mol. The van der Waals surface area contributed by atoms with Gasteiger partial charge < -0.3 is 15.4 Å². The van der Waals surface area contributed by atoms with Crippen molar-refractivity contribution in [2.24, 2.45) is 0 Å². The number of fused-ring (bicyclic) bond motifs is 3. The molecule has 208 valence electrons. The molecule has 4 heterocycles. The monoisotopic (exact) mass is 567 g/mol. The lowest BCUT2D eigenvalue weighted by Gasteiger charge is -2.37. The van der Waals surface area contributed by atoms with Crippen molar-refractivity contribution < 1.29 is 9.53 Å². The van der Waals surface area contributed by atoms with E-state index in [4.69, 9.17) is 21.3 Å². The number of urea groups is 1. The van der Waals surface area contributed by atoms with E-state index in [1.165, 1.54) is 0 Å². The first-order valence-corrected chi connectivity index (χ1v) is 14.2. The Hall–Kier alpha value is -4.03. The van der Waals surface area contributed by atoms with E-state index in [0.717, 1.165) is 64.8 Å². The van der Waals surface area contributed by atoms with Crippen LogP contribution in [-0.4, -0.2) is 42.7 Å². The highest BCUT2D eigenvalue weighted by molar-refractivity contribution is 6.29. The molecule has 1 fully saturated rings. The smallest absolute Gasteiger partial charge is 0.422 e. The fourth-order valence-corrected chi connectivity index (χ4v) is 6.83. The standard InChI is InChI=1S/C32H31ClN6O2/c1-21-25(5-4-24-6-8-29(41-2)38-30(21)24)19-39(31(40)37-18-23-9-12-36-28(33)16-23)20-32(10-13-35-14-11-32)26-15-22(17-34)3-7-27(26)39/h3-9,12,15-16,35H,10-11,13-14,18-20H2,1-2H3/p+1. The van der Waals surface area contributed by atoms with E-state index >= 15 is 0 Å². The van der Waals surface area contributed by atoms with Crippen molar-refractivity contribution in [3.8, 4) is 11.9 Å². The van der Waals surface area contributed by atoms with Gasteiger partial charge in [-0.2, -0.15) is 5.26 Å². The molecule has 8 nitrogen and oxygen atoms in total. The number of halogens is 1. The zero-order valence-electron chi connectivity index (χ0n) is 23.2. The van der Waals surface area contributed by atoms with E-state index in [2.05, 4.69) is 40.7 Å². The van der Waals surface area contributed by atoms with Gasteiger partial charge in [-0.25, -0.2) is 19.2 Å². The molecule has 9 heteroatoms. The number of hydrogen-bond acceptors (Lipinski definition) is 6. The number of carbonyl (C=O) groups excluding carboxylic acids is 1. The van der Waals surface area contributed by atoms with Gasteiger partial charge in [0.25, 0.3) is 0 Å². The molecule has 1 spiro atoms. The van der Waals surface area contributed by atoms with Crippen molar-refractivity contribution in [2.45, 2.75) is 38.3 Å². The molecule has 1 saturated heterocycles. The first-order valence-electron chi connectivity index (χ1n) is 13.8. The molecule has 4 aromatic rings. The number of hydrogen-bond donors (Lipinski definition) is 2. The first kappa shape index (κ1) is 27.2. The lowest BCUT2D eigenvalue weighted by molar-refractivity contribution is 0.180. The van der Waals surface area contributed by atoms with Gasteiger partial charge >= 0.3 is 6.03 Å². The molecule has 41 heavy (non-hydrogen) atoms. The van der Waals surface area contributed by atoms with Crippen LogP contribution in [0.4, 0.5) is 10.5 Å². The maximum atomic E-state index is 14.5. The van der Waals surface area contributed by atoms with Crippen LogP contribution in [0.25, 0.3) is 10.9 Å². The van der Waals surface area contributed by atoms with Crippen LogP contribution in [0.3, 0.4) is 0 Å². The van der Waals surface area contributed by atoms with E-state index in [1.807, 2.05) is 36.4 Å². The molecule has 6 rings (SSSR count). The number of quaternary nitrogens is 1. The fourth-order valence-electron chi connectivity index (χ4n) is 6.63. The fraction of sp³-hybridized carbons (Fsp3) is 0.312. The van der Waals surface area contributed by atoms with Gasteiger partial charge in [-0.3, -0.25) is 0 Å². The lowest BCUT2D eigenvalue weighted by atomic mass is 9.74. The van der Waals surface area contributed by atoms with Crippen molar-refractivity contribution in [1.82, 2.24) is 25.1 Å². The molecular weight excluding hydrogens is 536 g/mol. The summed E-state index contributed by atoms with van der Waals surface area (Å²) in [4.78, 5) is 23.3. The number of nitrogens with one attached hydrogen (secondary N) is 2. The number of aromatic nitrogens is 2. The van der Waals surface area contributed by atoms with Gasteiger partial charge in [0, 0.05) is 41.4 Å². The Kier molecular flexibility index (Phi) is 7.12. The van der Waals surface area contributed by atoms with Gasteiger partial charge in [0.1, 0.15) is 23.9 Å². The van der Waals surface area contributed by atoms with E-state index < -0.39 is 0 Å². The second kappa shape index (κ2) is 10.7. The number of benzene rings is 2. The Labute approximate surface area is 244 Å². The average Bonchev–Trinajstić information content (AvgIpc) is 3.26. The molecule has 0 aliphatic carbocycles. The molecule has 1 atom stereocenters. The van der Waals surface area contributed by atoms with Crippen molar-refractivity contribution in [3.05, 3.63) is 93.8 Å². The summed E-state index contributed by atoms with van der Waals surface area (Å²) >= 11 is 6.13. The summed E-state index contributed by atoms with van der Waals surface area (Å²) in [5.41, 5.74) is 6.28. The summed E-state index contributed by atoms with van der Waals surface area (Å²) in [5.74, 6) is 0.555. The summed E-state index contributed by atoms with van der Waals surface area (Å²) in [6, 6.07) is 19.7. The molecule has 2 amide bonds. The number of nitriles is 1. The molecular formula is C32H32ClN6O2+. The minimum atomic E-state index is -0.211. The minimum absolute atomic E-state index is 0.0857. The highest BCUT2D eigenvalue weighted by Gasteiger charge is 2.57. The predicted octanol–water partition coefficient (Wildman–Crippen LogP) is 5.52. The maximum absolute atomic E-state index is 14.5. The molecule has 2 aliphatic heterocycles. The molecule has 2 aromatic carbocycles. The largest absolute Gasteiger partial charge is 0.481 e. The second-order valence-electron chi connectivity index (χ2n) is 11.1. The van der Waals surface area contributed by atoms with Crippen LogP contribution in [0.2, 0.25) is 5.15 Å². The van der Waals surface area contributed by atoms with Crippen LogP contribution in [0, 0.1) is 18.3 Å². The van der Waals surface area contributed by atoms with Gasteiger partial charge in [0.2, 0.25) is 5.88 Å². The van der Waals surface area contributed by atoms with Gasteiger partial charge in [0.05, 0.1) is 29.7 Å². The number of piperidine rings is 1. The van der Waals surface area contributed by atoms with Crippen molar-refractivity contribution in [1.29, 1.82) is 5.26 Å². The summed E-state index contributed by atoms with van der Waals surface area (Å²) < 4.78 is 5.52. The quantitative estimate of drug-likeness (QED) is 0.243. The van der Waals surface area contributed by atoms with Crippen LogP contribution >= 0.6 is 11.6 Å². The third-order valence-electron chi connectivity index (χ3n) is 8.77. The predicted molar refractivity (Wildman–Crippen MR) is 160 cm³/mol. The Morgan fingerprint density at radius 1 is 1.17 bits per heavy atom. The number of rotatable bonds is 5. The number of methoxy groups -OCH3 is 1. The molecule has 0 radical (unpaired) electrons. The number of nitrogens with zero attached hydrogens (tertiary/aromatic N) is 4. The van der Waals surface area contributed by atoms with Crippen molar-refractivity contribution >= 4 is 34.2 Å². The number of carbonyl (C=O) groups is 1. The number of pyridine rings is 2. The zero-order valence-corrected chi connectivity index (χ0v) is 24.0. The number of amides is 2. The van der Waals surface area contributed by atoms with Crippen LogP contribution in [0.1, 0.15) is 40.7 Å². The molecule has 0 bridgehead atoms. The van der Waals surface area contributed by atoms with Crippen LogP contribution in [0.5, 0.6) is 5.88 Å². The van der Waals surface area contributed by atoms with Gasteiger partial charge in [-0.05, 0) is 74.3 Å². The second-order valence-corrected chi connectivity index (χ2v) is 11.5. The first-order chi connectivity index (χ1) is 19.9. The lowest BCUT2D eigenvalue weighted by Crippen LogP contribution is -2.60. The third kappa shape index (κ3) is 4.80. The minimum Gasteiger partial charge on any atom is -0.481 e. The SMILES string of the molecule is COc1ccc2ccc(C[N+]3(C(=O)NCc4ccnc(Cl)c4)CC4(CCNCC4)c4cc(C#N)ccc43)c(C)c2n1. The summed E-state index contributed by atoms with van der Waals surface area (Å²) in [6.45, 7) is 5.20. The van der Waals surface area contributed by atoms with E-state index in [0.29, 0.717) is 36.2 Å². The maximum Gasteiger partial charge on any atom is 0.422 e. The Morgan fingerprint density at radius 2 is 1.98 bits per heavy atom. The Bertz CT molecular complexity index is 1690. The molecule has 2 aliphatic rings. The normalized spacial score (nSPS) is 19.1. The van der Waals surface area contributed by atoms with Crippen LogP contribution < -0.4 is 19.9 Å². The van der Waals surface area contributed by atoms with E-state index in [-0.39, 0.29) is 15.9 Å². The number of ether oxygens (including phenoxy) is 1. The van der Waals surface area contributed by atoms with Crippen molar-refractivity contribution in [3.63, 3.8) is 0 Å². The molecule has 1 unspecified atom stereocenters. The van der Waals surface area contributed by atoms with Crippen LogP contribution in [0.15, 0.2) is 60.8 Å². The highest BCUT2D eigenvalue weighted by atomic mass is 35.5. The van der Waals surface area contributed by atoms with Crippen molar-refractivity contribution in [2.75, 3.05) is 26.7 Å². The van der Waals surface area contributed by atoms with Gasteiger partial charge in [-0.15, -0.1) is 0 Å². The van der Waals surface area contributed by atoms with E-state index in [9.17, 15) is 10.1 Å². The number of aryl methyl sites for hydroxylation is 1. The summed E-state index contributed by atoms with van der Waals surface area (Å²) in [7, 11) is 1.61. The molecule has 2 N–H and O–H groups in total. The Morgan fingerprint density at radius 3 is 2.73 bits per heavy atom. The highest BCUT2D eigenvalue weighted by Crippen LogP contribution is 2.51. The van der Waals surface area contributed by atoms with Crippen LogP contribution in [-0.2, 0) is 18.5 Å². The summed E-state index contributed by atoms with van der Waals surface area (Å²) in [6.07, 6.45) is 3.45. The zero-order chi connectivity index (χ0) is 28.6. The summed E-state index contributed by atoms with van der Waals surface area (Å²) in [5, 5.41) is 17.9. The van der Waals surface area contributed by atoms with Gasteiger partial charge in [-0.1, -0.05) is 23.7 Å². The topological polar surface area (TPSA) is 99.9 Å². The van der Waals surface area contributed by atoms with E-state index in [1.54, 1.807) is 19.4 Å². The molecule has 0 saturated carbocycles. The third-order valence-corrected chi connectivity index (χ3v) is 8.97. The molecule has 2 aromatic heterocycles. The van der Waals surface area contributed by atoms with Gasteiger partial charge in [0.15, 0.2) is 0 Å². The Balaban J connectivity index is 1.48.